The first-order valence-electron chi connectivity index (χ1n) is 6.47. The maximum atomic E-state index is 14.0. The van der Waals surface area contributed by atoms with E-state index in [9.17, 15) is 19.1 Å². The van der Waals surface area contributed by atoms with Crippen LogP contribution in [0.5, 0.6) is 5.75 Å². The van der Waals surface area contributed by atoms with E-state index in [4.69, 9.17) is 9.84 Å². The molecule has 6 heteroatoms. The molecule has 0 saturated heterocycles. The number of carboxylic acid groups (broad SMARTS) is 1. The summed E-state index contributed by atoms with van der Waals surface area (Å²) in [6.45, 7) is 1.77. The van der Waals surface area contributed by atoms with Crippen molar-refractivity contribution in [1.29, 1.82) is 0 Å². The summed E-state index contributed by atoms with van der Waals surface area (Å²) in [7, 11) is 0. The van der Waals surface area contributed by atoms with Gasteiger partial charge in [-0.1, -0.05) is 12.1 Å². The minimum Gasteiger partial charge on any atom is -0.507 e. The standard InChI is InChI=1S/C16H13FO5/c1-2-22-16(21)11-5-3-9(7-13(11)17)10-4-6-12(15(19)20)14(18)8-10/h3-8,18H,2H2,1H3,(H,19,20). The van der Waals surface area contributed by atoms with Crippen molar-refractivity contribution in [2.45, 2.75) is 6.92 Å². The molecule has 0 bridgehead atoms. The number of ether oxygens (including phenoxy) is 1. The van der Waals surface area contributed by atoms with Gasteiger partial charge >= 0.3 is 11.9 Å². The molecule has 2 aromatic carbocycles. The second-order valence-corrected chi connectivity index (χ2v) is 4.45. The van der Waals surface area contributed by atoms with E-state index in [1.807, 2.05) is 0 Å². The summed E-state index contributed by atoms with van der Waals surface area (Å²) in [6, 6.07) is 7.80. The molecule has 0 saturated carbocycles. The quantitative estimate of drug-likeness (QED) is 0.848. The molecule has 0 atom stereocenters. The zero-order chi connectivity index (χ0) is 16.3. The van der Waals surface area contributed by atoms with Gasteiger partial charge in [-0.3, -0.25) is 0 Å². The Morgan fingerprint density at radius 3 is 2.18 bits per heavy atom. The van der Waals surface area contributed by atoms with E-state index in [0.717, 1.165) is 6.07 Å². The van der Waals surface area contributed by atoms with E-state index in [1.165, 1.54) is 30.3 Å². The van der Waals surface area contributed by atoms with Crippen LogP contribution >= 0.6 is 0 Å². The van der Waals surface area contributed by atoms with E-state index in [0.29, 0.717) is 11.1 Å². The summed E-state index contributed by atoms with van der Waals surface area (Å²) in [5, 5.41) is 18.5. The normalized spacial score (nSPS) is 10.3. The number of benzene rings is 2. The lowest BCUT2D eigenvalue weighted by molar-refractivity contribution is 0.0520. The zero-order valence-electron chi connectivity index (χ0n) is 11.7. The molecule has 0 heterocycles. The van der Waals surface area contributed by atoms with Crippen LogP contribution in [0.15, 0.2) is 36.4 Å². The van der Waals surface area contributed by atoms with Crippen molar-refractivity contribution in [3.05, 3.63) is 53.3 Å². The number of rotatable bonds is 4. The number of aromatic hydroxyl groups is 1. The third-order valence-electron chi connectivity index (χ3n) is 3.03. The van der Waals surface area contributed by atoms with Crippen LogP contribution in [0.1, 0.15) is 27.6 Å². The van der Waals surface area contributed by atoms with Crippen LogP contribution in [0.3, 0.4) is 0 Å². The van der Waals surface area contributed by atoms with Crippen molar-refractivity contribution in [2.24, 2.45) is 0 Å². The molecule has 114 valence electrons. The minimum absolute atomic E-state index is 0.143. The summed E-state index contributed by atoms with van der Waals surface area (Å²) in [5.41, 5.74) is 0.402. The highest BCUT2D eigenvalue weighted by Crippen LogP contribution is 2.28. The Hall–Kier alpha value is -2.89. The number of carbonyl (C=O) groups is 2. The highest BCUT2D eigenvalue weighted by Gasteiger charge is 2.15. The largest absolute Gasteiger partial charge is 0.507 e. The number of halogens is 1. The predicted octanol–water partition coefficient (Wildman–Crippen LogP) is 3.07. The van der Waals surface area contributed by atoms with Crippen molar-refractivity contribution in [3.63, 3.8) is 0 Å². The fourth-order valence-electron chi connectivity index (χ4n) is 1.96. The topological polar surface area (TPSA) is 83.8 Å². The molecule has 0 spiro atoms. The van der Waals surface area contributed by atoms with Gasteiger partial charge in [0.25, 0.3) is 0 Å². The van der Waals surface area contributed by atoms with Gasteiger partial charge in [0.05, 0.1) is 12.2 Å². The highest BCUT2D eigenvalue weighted by molar-refractivity contribution is 5.92. The lowest BCUT2D eigenvalue weighted by Crippen LogP contribution is -2.07. The lowest BCUT2D eigenvalue weighted by atomic mass is 10.0. The van der Waals surface area contributed by atoms with E-state index < -0.39 is 23.5 Å². The third kappa shape index (κ3) is 3.06. The SMILES string of the molecule is CCOC(=O)c1ccc(-c2ccc(C(=O)O)c(O)c2)cc1F. The summed E-state index contributed by atoms with van der Waals surface area (Å²) < 4.78 is 18.7. The number of hydrogen-bond donors (Lipinski definition) is 2. The van der Waals surface area contributed by atoms with Crippen molar-refractivity contribution in [2.75, 3.05) is 6.61 Å². The Balaban J connectivity index is 2.38. The smallest absolute Gasteiger partial charge is 0.341 e. The highest BCUT2D eigenvalue weighted by atomic mass is 19.1. The summed E-state index contributed by atoms with van der Waals surface area (Å²) in [4.78, 5) is 22.4. The fraction of sp³-hybridized carbons (Fsp3) is 0.125. The molecule has 0 aliphatic rings. The van der Waals surface area contributed by atoms with Gasteiger partial charge in [-0.15, -0.1) is 0 Å². The average molecular weight is 304 g/mol. The molecule has 2 N–H and O–H groups in total. The fourth-order valence-corrected chi connectivity index (χ4v) is 1.96. The Morgan fingerprint density at radius 1 is 1.09 bits per heavy atom. The van der Waals surface area contributed by atoms with Gasteiger partial charge in [0.2, 0.25) is 0 Å². The Morgan fingerprint density at radius 2 is 1.68 bits per heavy atom. The van der Waals surface area contributed by atoms with Crippen LogP contribution in [-0.2, 0) is 4.74 Å². The van der Waals surface area contributed by atoms with E-state index in [-0.39, 0.29) is 17.7 Å². The molecule has 22 heavy (non-hydrogen) atoms. The van der Waals surface area contributed by atoms with Gasteiger partial charge in [0, 0.05) is 0 Å². The number of carbonyl (C=O) groups excluding carboxylic acids is 1. The van der Waals surface area contributed by atoms with Gasteiger partial charge in [-0.2, -0.15) is 0 Å². The third-order valence-corrected chi connectivity index (χ3v) is 3.03. The Labute approximate surface area is 125 Å². The van der Waals surface area contributed by atoms with Gasteiger partial charge in [-0.25, -0.2) is 14.0 Å². The first-order valence-corrected chi connectivity index (χ1v) is 6.47. The summed E-state index contributed by atoms with van der Waals surface area (Å²) in [6.07, 6.45) is 0. The predicted molar refractivity (Wildman–Crippen MR) is 76.4 cm³/mol. The number of carboxylic acids is 1. The second kappa shape index (κ2) is 6.26. The van der Waals surface area contributed by atoms with Crippen LogP contribution in [0.2, 0.25) is 0 Å². The monoisotopic (exact) mass is 304 g/mol. The van der Waals surface area contributed by atoms with Crippen LogP contribution in [0.25, 0.3) is 11.1 Å². The summed E-state index contributed by atoms with van der Waals surface area (Å²) in [5.74, 6) is -3.18. The molecule has 0 amide bonds. The Kier molecular flexibility index (Phi) is 4.41. The van der Waals surface area contributed by atoms with Crippen molar-refractivity contribution >= 4 is 11.9 Å². The maximum absolute atomic E-state index is 14.0. The molecular weight excluding hydrogens is 291 g/mol. The molecule has 0 aliphatic heterocycles. The van der Waals surface area contributed by atoms with E-state index >= 15 is 0 Å². The first-order chi connectivity index (χ1) is 10.4. The van der Waals surface area contributed by atoms with E-state index in [2.05, 4.69) is 0 Å². The van der Waals surface area contributed by atoms with Gasteiger partial charge < -0.3 is 14.9 Å². The molecule has 2 rings (SSSR count). The van der Waals surface area contributed by atoms with Crippen LogP contribution in [0, 0.1) is 5.82 Å². The molecule has 0 fully saturated rings. The first kappa shape index (κ1) is 15.5. The number of esters is 1. The second-order valence-electron chi connectivity index (χ2n) is 4.45. The van der Waals surface area contributed by atoms with Crippen LogP contribution < -0.4 is 0 Å². The molecule has 5 nitrogen and oxygen atoms in total. The average Bonchev–Trinajstić information content (AvgIpc) is 2.46. The van der Waals surface area contributed by atoms with Gasteiger partial charge in [0.15, 0.2) is 0 Å². The number of hydrogen-bond acceptors (Lipinski definition) is 4. The number of aromatic carboxylic acids is 1. The molecular formula is C16H13FO5. The van der Waals surface area contributed by atoms with Crippen molar-refractivity contribution in [3.8, 4) is 16.9 Å². The van der Waals surface area contributed by atoms with Gasteiger partial charge in [0.1, 0.15) is 17.1 Å². The minimum atomic E-state index is -1.26. The maximum Gasteiger partial charge on any atom is 0.341 e. The van der Waals surface area contributed by atoms with Crippen LogP contribution in [-0.4, -0.2) is 28.8 Å². The van der Waals surface area contributed by atoms with Crippen molar-refractivity contribution in [1.82, 2.24) is 0 Å². The molecule has 0 unspecified atom stereocenters. The van der Waals surface area contributed by atoms with Crippen LogP contribution in [0.4, 0.5) is 4.39 Å². The molecule has 0 aromatic heterocycles. The Bertz CT molecular complexity index is 739. The van der Waals surface area contributed by atoms with Crippen molar-refractivity contribution < 1.29 is 28.9 Å². The molecule has 0 aliphatic carbocycles. The van der Waals surface area contributed by atoms with E-state index in [1.54, 1.807) is 6.92 Å². The molecule has 0 radical (unpaired) electrons. The summed E-state index contributed by atoms with van der Waals surface area (Å²) >= 11 is 0. The lowest BCUT2D eigenvalue weighted by Gasteiger charge is -2.07. The number of phenols is 1. The van der Waals surface area contributed by atoms with Gasteiger partial charge in [-0.05, 0) is 42.3 Å². The zero-order valence-corrected chi connectivity index (χ0v) is 11.7. The molecule has 2 aromatic rings.